The molecule has 1 N–H and O–H groups in total. The Morgan fingerprint density at radius 2 is 2.06 bits per heavy atom. The van der Waals surface area contributed by atoms with E-state index in [-0.39, 0.29) is 19.8 Å². The number of ether oxygens (including phenoxy) is 2. The third-order valence-corrected chi connectivity index (χ3v) is 2.25. The van der Waals surface area contributed by atoms with Crippen LogP contribution in [0.3, 0.4) is 0 Å². The number of halogens is 1. The molecule has 5 heteroatoms. The van der Waals surface area contributed by atoms with Crippen LogP contribution in [0.1, 0.15) is 12.5 Å². The van der Waals surface area contributed by atoms with Crippen molar-refractivity contribution in [1.82, 2.24) is 0 Å². The smallest absolute Gasteiger partial charge is 0.343 e. The molecule has 1 aromatic carbocycles. The zero-order valence-corrected chi connectivity index (χ0v) is 10.2. The molecule has 1 unspecified atom stereocenters. The molecule has 0 saturated heterocycles. The zero-order valence-electron chi connectivity index (χ0n) is 10.2. The van der Waals surface area contributed by atoms with Crippen LogP contribution >= 0.6 is 0 Å². The van der Waals surface area contributed by atoms with Crippen LogP contribution in [0.5, 0.6) is 0 Å². The molecule has 0 aliphatic heterocycles. The molecule has 18 heavy (non-hydrogen) atoms. The molecule has 0 aliphatic rings. The lowest BCUT2D eigenvalue weighted by atomic mass is 10.2. The van der Waals surface area contributed by atoms with E-state index in [1.54, 1.807) is 6.92 Å². The monoisotopic (exact) mass is 256 g/mol. The second-order valence-corrected chi connectivity index (χ2v) is 3.72. The highest BCUT2D eigenvalue weighted by Crippen LogP contribution is 2.05. The Hall–Kier alpha value is -1.46. The summed E-state index contributed by atoms with van der Waals surface area (Å²) in [6.07, 6.45) is -3.58. The van der Waals surface area contributed by atoms with Crippen LogP contribution in [-0.2, 0) is 20.9 Å². The fraction of sp³-hybridized carbons (Fsp3) is 0.462. The lowest BCUT2D eigenvalue weighted by Crippen LogP contribution is -2.35. The predicted octanol–water partition coefficient (Wildman–Crippen LogP) is 1.47. The van der Waals surface area contributed by atoms with Crippen LogP contribution < -0.4 is 0 Å². The highest BCUT2D eigenvalue weighted by Gasteiger charge is 2.27. The standard InChI is InChI=1S/C13H17FO4/c1-2-18-13(16)12(14)11(15)9-17-8-10-6-4-3-5-7-10/h3-7,11-12,15H,2,8-9H2,1H3/t11-,12?/m1/s1. The molecule has 1 rings (SSSR count). The Morgan fingerprint density at radius 1 is 1.39 bits per heavy atom. The second-order valence-electron chi connectivity index (χ2n) is 3.72. The molecule has 100 valence electrons. The van der Waals surface area contributed by atoms with Gasteiger partial charge in [0.2, 0.25) is 6.17 Å². The number of carbonyl (C=O) groups is 1. The van der Waals surface area contributed by atoms with Gasteiger partial charge < -0.3 is 14.6 Å². The zero-order chi connectivity index (χ0) is 13.4. The van der Waals surface area contributed by atoms with Gasteiger partial charge in [0.25, 0.3) is 0 Å². The third-order valence-electron chi connectivity index (χ3n) is 2.25. The maximum atomic E-state index is 13.3. The van der Waals surface area contributed by atoms with Crippen molar-refractivity contribution >= 4 is 5.97 Å². The van der Waals surface area contributed by atoms with Crippen molar-refractivity contribution < 1.29 is 23.8 Å². The van der Waals surface area contributed by atoms with E-state index in [0.29, 0.717) is 0 Å². The number of hydrogen-bond donors (Lipinski definition) is 1. The van der Waals surface area contributed by atoms with Crippen molar-refractivity contribution in [3.8, 4) is 0 Å². The lowest BCUT2D eigenvalue weighted by Gasteiger charge is -2.14. The van der Waals surface area contributed by atoms with Gasteiger partial charge in [0.05, 0.1) is 19.8 Å². The van der Waals surface area contributed by atoms with Crippen LogP contribution in [-0.4, -0.2) is 36.6 Å². The molecule has 0 bridgehead atoms. The molecule has 0 heterocycles. The number of alkyl halides is 1. The molecule has 0 aliphatic carbocycles. The minimum absolute atomic E-state index is 0.0802. The number of carbonyl (C=O) groups excluding carboxylic acids is 1. The molecule has 2 atom stereocenters. The molecular weight excluding hydrogens is 239 g/mol. The minimum Gasteiger partial charge on any atom is -0.464 e. The van der Waals surface area contributed by atoms with Gasteiger partial charge in [0.15, 0.2) is 0 Å². The van der Waals surface area contributed by atoms with Crippen molar-refractivity contribution in [2.75, 3.05) is 13.2 Å². The van der Waals surface area contributed by atoms with Gasteiger partial charge in [-0.1, -0.05) is 30.3 Å². The Kier molecular flexibility index (Phi) is 6.32. The normalized spacial score (nSPS) is 13.9. The first-order valence-corrected chi connectivity index (χ1v) is 5.75. The molecule has 4 nitrogen and oxygen atoms in total. The van der Waals surface area contributed by atoms with E-state index in [9.17, 15) is 14.3 Å². The van der Waals surface area contributed by atoms with Crippen molar-refractivity contribution in [1.29, 1.82) is 0 Å². The van der Waals surface area contributed by atoms with Gasteiger partial charge in [-0.25, -0.2) is 9.18 Å². The Bertz CT molecular complexity index is 355. The molecule has 0 fully saturated rings. The van der Waals surface area contributed by atoms with Crippen molar-refractivity contribution in [3.05, 3.63) is 35.9 Å². The maximum absolute atomic E-state index is 13.3. The molecular formula is C13H17FO4. The Balaban J connectivity index is 2.28. The van der Waals surface area contributed by atoms with E-state index in [0.717, 1.165) is 5.56 Å². The average molecular weight is 256 g/mol. The number of hydrogen-bond acceptors (Lipinski definition) is 4. The van der Waals surface area contributed by atoms with E-state index in [2.05, 4.69) is 4.74 Å². The van der Waals surface area contributed by atoms with E-state index in [4.69, 9.17) is 4.74 Å². The fourth-order valence-electron chi connectivity index (χ4n) is 1.34. The molecule has 1 aromatic rings. The predicted molar refractivity (Wildman–Crippen MR) is 63.6 cm³/mol. The van der Waals surface area contributed by atoms with E-state index in [1.165, 1.54) is 0 Å². The van der Waals surface area contributed by atoms with Gasteiger partial charge >= 0.3 is 5.97 Å². The Morgan fingerprint density at radius 3 is 2.67 bits per heavy atom. The topological polar surface area (TPSA) is 55.8 Å². The fourth-order valence-corrected chi connectivity index (χ4v) is 1.34. The number of esters is 1. The summed E-state index contributed by atoms with van der Waals surface area (Å²) in [4.78, 5) is 11.0. The number of aliphatic hydroxyl groups is 1. The quantitative estimate of drug-likeness (QED) is 0.750. The van der Waals surface area contributed by atoms with Gasteiger partial charge in [-0.2, -0.15) is 0 Å². The number of benzene rings is 1. The molecule has 0 saturated carbocycles. The summed E-state index contributed by atoms with van der Waals surface area (Å²) in [5.41, 5.74) is 0.913. The largest absolute Gasteiger partial charge is 0.464 e. The summed E-state index contributed by atoms with van der Waals surface area (Å²) in [6, 6.07) is 9.28. The van der Waals surface area contributed by atoms with Gasteiger partial charge in [-0.15, -0.1) is 0 Å². The highest BCUT2D eigenvalue weighted by atomic mass is 19.1. The first kappa shape index (κ1) is 14.6. The van der Waals surface area contributed by atoms with E-state index < -0.39 is 18.2 Å². The van der Waals surface area contributed by atoms with Crippen LogP contribution in [0.15, 0.2) is 30.3 Å². The molecule has 0 amide bonds. The SMILES string of the molecule is CCOC(=O)C(F)[C@H](O)COCc1ccccc1. The summed E-state index contributed by atoms with van der Waals surface area (Å²) < 4.78 is 22.9. The second kappa shape index (κ2) is 7.79. The van der Waals surface area contributed by atoms with E-state index in [1.807, 2.05) is 30.3 Å². The van der Waals surface area contributed by atoms with Crippen molar-refractivity contribution in [2.45, 2.75) is 25.8 Å². The number of aliphatic hydroxyl groups excluding tert-OH is 1. The van der Waals surface area contributed by atoms with Crippen LogP contribution in [0.4, 0.5) is 4.39 Å². The molecule has 0 spiro atoms. The molecule has 0 aromatic heterocycles. The van der Waals surface area contributed by atoms with Gasteiger partial charge in [-0.3, -0.25) is 0 Å². The lowest BCUT2D eigenvalue weighted by molar-refractivity contribution is -0.155. The molecule has 0 radical (unpaired) electrons. The first-order valence-electron chi connectivity index (χ1n) is 5.75. The third kappa shape index (κ3) is 4.81. The number of rotatable bonds is 7. The van der Waals surface area contributed by atoms with Crippen LogP contribution in [0.2, 0.25) is 0 Å². The summed E-state index contributed by atoms with van der Waals surface area (Å²) in [6.45, 7) is 1.65. The van der Waals surface area contributed by atoms with Crippen molar-refractivity contribution in [3.63, 3.8) is 0 Å². The Labute approximate surface area is 105 Å². The minimum atomic E-state index is -2.07. The van der Waals surface area contributed by atoms with Crippen LogP contribution in [0.25, 0.3) is 0 Å². The summed E-state index contributed by atoms with van der Waals surface area (Å²) in [5.74, 6) is -1.06. The summed E-state index contributed by atoms with van der Waals surface area (Å²) in [7, 11) is 0. The average Bonchev–Trinajstić information content (AvgIpc) is 2.39. The first-order chi connectivity index (χ1) is 8.65. The van der Waals surface area contributed by atoms with Gasteiger partial charge in [0.1, 0.15) is 6.10 Å². The summed E-state index contributed by atoms with van der Waals surface area (Å²) in [5, 5.41) is 9.39. The summed E-state index contributed by atoms with van der Waals surface area (Å²) >= 11 is 0. The van der Waals surface area contributed by atoms with Crippen molar-refractivity contribution in [2.24, 2.45) is 0 Å². The van der Waals surface area contributed by atoms with Gasteiger partial charge in [0, 0.05) is 0 Å². The van der Waals surface area contributed by atoms with Crippen LogP contribution in [0, 0.1) is 0 Å². The van der Waals surface area contributed by atoms with E-state index >= 15 is 0 Å². The maximum Gasteiger partial charge on any atom is 0.343 e. The van der Waals surface area contributed by atoms with Gasteiger partial charge in [-0.05, 0) is 12.5 Å². The highest BCUT2D eigenvalue weighted by molar-refractivity contribution is 5.75.